The molecule has 0 radical (unpaired) electrons. The molecule has 2 aromatic rings. The Hall–Kier alpha value is -2.34. The van der Waals surface area contributed by atoms with Gasteiger partial charge >= 0.3 is 5.97 Å². The summed E-state index contributed by atoms with van der Waals surface area (Å²) < 4.78 is 7.41. The number of ether oxygens (including phenoxy) is 1. The van der Waals surface area contributed by atoms with Crippen molar-refractivity contribution in [3.63, 3.8) is 0 Å². The van der Waals surface area contributed by atoms with E-state index in [1.807, 2.05) is 29.1 Å². The van der Waals surface area contributed by atoms with Crippen molar-refractivity contribution in [3.05, 3.63) is 53.2 Å². The van der Waals surface area contributed by atoms with Crippen LogP contribution in [-0.2, 0) is 22.4 Å². The maximum atomic E-state index is 12.9. The van der Waals surface area contributed by atoms with Crippen LogP contribution in [0.1, 0.15) is 40.6 Å². The molecule has 3 rings (SSSR count). The Morgan fingerprint density at radius 3 is 2.80 bits per heavy atom. The van der Waals surface area contributed by atoms with Crippen LogP contribution >= 0.6 is 11.3 Å². The Kier molecular flexibility index (Phi) is 5.38. The first-order valence-electron chi connectivity index (χ1n) is 8.49. The summed E-state index contributed by atoms with van der Waals surface area (Å²) in [6.45, 7) is 5.50. The largest absolute Gasteiger partial charge is 0.449 e. The molecule has 1 aliphatic carbocycles. The van der Waals surface area contributed by atoms with Gasteiger partial charge in [-0.15, -0.1) is 17.9 Å². The van der Waals surface area contributed by atoms with Crippen LogP contribution in [0.5, 0.6) is 0 Å². The lowest BCUT2D eigenvalue weighted by Crippen LogP contribution is -2.36. The van der Waals surface area contributed by atoms with Crippen molar-refractivity contribution in [3.8, 4) is 5.00 Å². The van der Waals surface area contributed by atoms with Gasteiger partial charge < -0.3 is 14.6 Å². The molecule has 0 bridgehead atoms. The molecule has 1 amide bonds. The summed E-state index contributed by atoms with van der Waals surface area (Å²) in [5.74, 6) is -0.746. The molecule has 0 spiro atoms. The third-order valence-corrected chi connectivity index (χ3v) is 5.57. The number of aromatic nitrogens is 1. The van der Waals surface area contributed by atoms with E-state index in [9.17, 15) is 9.59 Å². The van der Waals surface area contributed by atoms with Gasteiger partial charge in [-0.3, -0.25) is 4.79 Å². The molecule has 0 saturated heterocycles. The van der Waals surface area contributed by atoms with E-state index < -0.39 is 12.1 Å². The molecule has 2 aromatic heterocycles. The summed E-state index contributed by atoms with van der Waals surface area (Å²) in [6.07, 6.45) is 8.70. The third-order valence-electron chi connectivity index (χ3n) is 4.27. The zero-order valence-corrected chi connectivity index (χ0v) is 15.1. The number of rotatable bonds is 6. The predicted octanol–water partition coefficient (Wildman–Crippen LogP) is 3.27. The first kappa shape index (κ1) is 17.5. The minimum atomic E-state index is -0.843. The minimum Gasteiger partial charge on any atom is -0.449 e. The number of nitrogens with zero attached hydrogens (tertiary/aromatic N) is 1. The molecule has 0 fully saturated rings. The van der Waals surface area contributed by atoms with Crippen molar-refractivity contribution in [1.82, 2.24) is 9.88 Å². The normalized spacial score (nSPS) is 14.4. The number of esters is 1. The van der Waals surface area contributed by atoms with Crippen LogP contribution in [-0.4, -0.2) is 29.1 Å². The second-order valence-corrected chi connectivity index (χ2v) is 7.15. The molecule has 25 heavy (non-hydrogen) atoms. The van der Waals surface area contributed by atoms with Crippen LogP contribution in [0.2, 0.25) is 0 Å². The number of carbonyl (C=O) groups is 2. The number of hydrogen-bond donors (Lipinski definition) is 1. The Morgan fingerprint density at radius 1 is 1.36 bits per heavy atom. The van der Waals surface area contributed by atoms with Crippen molar-refractivity contribution in [2.75, 3.05) is 6.54 Å². The van der Waals surface area contributed by atoms with E-state index in [2.05, 4.69) is 11.9 Å². The summed E-state index contributed by atoms with van der Waals surface area (Å²) in [5.41, 5.74) is 1.70. The molecule has 0 aliphatic heterocycles. The minimum absolute atomic E-state index is 0.320. The zero-order valence-electron chi connectivity index (χ0n) is 14.3. The van der Waals surface area contributed by atoms with E-state index >= 15 is 0 Å². The Morgan fingerprint density at radius 2 is 2.08 bits per heavy atom. The number of nitrogens with one attached hydrogen (secondary N) is 1. The first-order chi connectivity index (χ1) is 12.1. The first-order valence-corrected chi connectivity index (χ1v) is 9.31. The van der Waals surface area contributed by atoms with E-state index in [1.165, 1.54) is 4.88 Å². The fourth-order valence-corrected chi connectivity index (χ4v) is 4.35. The van der Waals surface area contributed by atoms with Crippen molar-refractivity contribution in [2.24, 2.45) is 0 Å². The number of hydrogen-bond acceptors (Lipinski definition) is 4. The van der Waals surface area contributed by atoms with Gasteiger partial charge in [0, 0.05) is 23.8 Å². The lowest BCUT2D eigenvalue weighted by atomic mass is 9.95. The summed E-state index contributed by atoms with van der Waals surface area (Å²) in [6, 6.07) is 3.86. The third kappa shape index (κ3) is 3.69. The quantitative estimate of drug-likeness (QED) is 0.637. The van der Waals surface area contributed by atoms with Crippen molar-refractivity contribution >= 4 is 23.2 Å². The van der Waals surface area contributed by atoms with E-state index in [-0.39, 0.29) is 5.91 Å². The van der Waals surface area contributed by atoms with Crippen LogP contribution in [0.4, 0.5) is 0 Å². The average Bonchev–Trinajstić information content (AvgIpc) is 3.26. The van der Waals surface area contributed by atoms with Crippen LogP contribution in [0.25, 0.3) is 5.00 Å². The topological polar surface area (TPSA) is 60.3 Å². The van der Waals surface area contributed by atoms with E-state index in [0.717, 1.165) is 36.2 Å². The van der Waals surface area contributed by atoms with Crippen molar-refractivity contribution < 1.29 is 14.3 Å². The van der Waals surface area contributed by atoms with Crippen LogP contribution < -0.4 is 5.32 Å². The lowest BCUT2D eigenvalue weighted by molar-refractivity contribution is -0.128. The van der Waals surface area contributed by atoms with Crippen molar-refractivity contribution in [2.45, 2.75) is 38.7 Å². The van der Waals surface area contributed by atoms with Gasteiger partial charge in [0.2, 0.25) is 0 Å². The second kappa shape index (κ2) is 7.70. The SMILES string of the molecule is C=CCNC(=O)[C@H](C)OC(=O)c1c(-n2cccc2)sc2c1CCCC2. The highest BCUT2D eigenvalue weighted by molar-refractivity contribution is 7.15. The predicted molar refractivity (Wildman–Crippen MR) is 98.4 cm³/mol. The van der Waals surface area contributed by atoms with E-state index in [0.29, 0.717) is 12.1 Å². The molecule has 0 saturated carbocycles. The summed E-state index contributed by atoms with van der Waals surface area (Å²) >= 11 is 1.65. The maximum absolute atomic E-state index is 12.9. The van der Waals surface area contributed by atoms with Gasteiger partial charge in [-0.05, 0) is 50.3 Å². The fourth-order valence-electron chi connectivity index (χ4n) is 3.00. The molecule has 2 heterocycles. The van der Waals surface area contributed by atoms with Gasteiger partial charge in [-0.2, -0.15) is 0 Å². The number of carbonyl (C=O) groups excluding carboxylic acids is 2. The smallest absolute Gasteiger partial charge is 0.342 e. The van der Waals surface area contributed by atoms with Crippen LogP contribution in [0, 0.1) is 0 Å². The molecule has 0 unspecified atom stereocenters. The van der Waals surface area contributed by atoms with Gasteiger partial charge in [-0.1, -0.05) is 6.08 Å². The molecule has 6 heteroatoms. The number of fused-ring (bicyclic) bond motifs is 1. The Bertz CT molecular complexity index is 777. The monoisotopic (exact) mass is 358 g/mol. The molecule has 132 valence electrons. The maximum Gasteiger partial charge on any atom is 0.342 e. The van der Waals surface area contributed by atoms with Gasteiger partial charge in [0.25, 0.3) is 5.91 Å². The molecule has 1 N–H and O–H groups in total. The Balaban J connectivity index is 1.87. The van der Waals surface area contributed by atoms with E-state index in [1.54, 1.807) is 24.3 Å². The molecule has 1 aliphatic rings. The van der Waals surface area contributed by atoms with Gasteiger partial charge in [0.05, 0.1) is 5.56 Å². The lowest BCUT2D eigenvalue weighted by Gasteiger charge is -2.16. The Labute approximate surface area is 151 Å². The second-order valence-electron chi connectivity index (χ2n) is 6.06. The standard InChI is InChI=1S/C19H22N2O3S/c1-3-10-20-17(22)13(2)24-19(23)16-14-8-4-5-9-15(14)25-18(16)21-11-6-7-12-21/h3,6-7,11-13H,1,4-5,8-10H2,2H3,(H,20,22)/t13-/m0/s1. The zero-order chi connectivity index (χ0) is 17.8. The van der Waals surface area contributed by atoms with Crippen LogP contribution in [0.15, 0.2) is 37.2 Å². The molecule has 5 nitrogen and oxygen atoms in total. The number of thiophene rings is 1. The number of aryl methyl sites for hydroxylation is 1. The fraction of sp³-hybridized carbons (Fsp3) is 0.368. The highest BCUT2D eigenvalue weighted by Gasteiger charge is 2.29. The van der Waals surface area contributed by atoms with Gasteiger partial charge in [-0.25, -0.2) is 4.79 Å². The number of amides is 1. The molecule has 1 atom stereocenters. The van der Waals surface area contributed by atoms with Gasteiger partial charge in [0.15, 0.2) is 6.10 Å². The average molecular weight is 358 g/mol. The van der Waals surface area contributed by atoms with Crippen molar-refractivity contribution in [1.29, 1.82) is 0 Å². The summed E-state index contributed by atoms with van der Waals surface area (Å²) in [7, 11) is 0. The molecule has 0 aromatic carbocycles. The highest BCUT2D eigenvalue weighted by Crippen LogP contribution is 2.37. The van der Waals surface area contributed by atoms with E-state index in [4.69, 9.17) is 4.74 Å². The highest BCUT2D eigenvalue weighted by atomic mass is 32.1. The summed E-state index contributed by atoms with van der Waals surface area (Å²) in [5, 5.41) is 3.53. The molecular formula is C19H22N2O3S. The summed E-state index contributed by atoms with van der Waals surface area (Å²) in [4.78, 5) is 26.1. The molecular weight excluding hydrogens is 336 g/mol. The van der Waals surface area contributed by atoms with Crippen LogP contribution in [0.3, 0.4) is 0 Å². The van der Waals surface area contributed by atoms with Gasteiger partial charge in [0.1, 0.15) is 5.00 Å².